The van der Waals surface area contributed by atoms with E-state index in [4.69, 9.17) is 5.73 Å². The van der Waals surface area contributed by atoms with Crippen molar-refractivity contribution in [3.05, 3.63) is 62.7 Å². The molecule has 1 saturated heterocycles. The van der Waals surface area contributed by atoms with Crippen LogP contribution in [-0.4, -0.2) is 47.8 Å². The van der Waals surface area contributed by atoms with E-state index in [0.717, 1.165) is 40.6 Å². The summed E-state index contributed by atoms with van der Waals surface area (Å²) in [6.45, 7) is 5.86. The first-order valence-electron chi connectivity index (χ1n) is 10.9. The molecule has 1 fully saturated rings. The van der Waals surface area contributed by atoms with E-state index in [1.165, 1.54) is 10.6 Å². The Bertz CT molecular complexity index is 1430. The molecule has 166 valence electrons. The fourth-order valence-electron chi connectivity index (χ4n) is 4.47. The molecular formula is C22H26N8O2. The zero-order chi connectivity index (χ0) is 22.4. The molecule has 1 aliphatic rings. The van der Waals surface area contributed by atoms with Crippen LogP contribution in [0.25, 0.3) is 16.6 Å². The third-order valence-corrected chi connectivity index (χ3v) is 6.01. The third kappa shape index (κ3) is 3.36. The molecule has 32 heavy (non-hydrogen) atoms. The van der Waals surface area contributed by atoms with E-state index in [2.05, 4.69) is 19.9 Å². The topological polar surface area (TPSA) is 116 Å². The van der Waals surface area contributed by atoms with Gasteiger partial charge in [0.25, 0.3) is 5.56 Å². The van der Waals surface area contributed by atoms with Gasteiger partial charge in [-0.3, -0.25) is 9.36 Å². The first-order chi connectivity index (χ1) is 15.5. The van der Waals surface area contributed by atoms with Crippen LogP contribution in [0.5, 0.6) is 0 Å². The molecule has 0 radical (unpaired) electrons. The van der Waals surface area contributed by atoms with Crippen LogP contribution in [0.15, 0.2) is 39.9 Å². The molecule has 3 aromatic heterocycles. The molecule has 0 saturated carbocycles. The number of rotatable bonds is 4. The van der Waals surface area contributed by atoms with Crippen LogP contribution in [0, 0.1) is 6.92 Å². The number of hydrogen-bond donors (Lipinski definition) is 1. The predicted octanol–water partition coefficient (Wildman–Crippen LogP) is 0.905. The smallest absolute Gasteiger partial charge is 0.340 e. The van der Waals surface area contributed by atoms with Crippen molar-refractivity contribution in [3.8, 4) is 0 Å². The minimum Gasteiger partial charge on any atom is -0.340 e. The Morgan fingerprint density at radius 1 is 1.16 bits per heavy atom. The van der Waals surface area contributed by atoms with Crippen LogP contribution >= 0.6 is 0 Å². The molecule has 0 unspecified atom stereocenters. The van der Waals surface area contributed by atoms with Crippen LogP contribution in [0.4, 0.5) is 5.95 Å². The molecule has 1 aliphatic heterocycles. The Balaban J connectivity index is 1.62. The molecule has 10 heteroatoms. The van der Waals surface area contributed by atoms with Crippen molar-refractivity contribution in [2.75, 3.05) is 18.0 Å². The summed E-state index contributed by atoms with van der Waals surface area (Å²) in [7, 11) is 0. The summed E-state index contributed by atoms with van der Waals surface area (Å²) in [6.07, 6.45) is 1.94. The SMILES string of the molecule is CCn1c(N2CCC[C@@H](N)C2)nc2cc(=O)n(Cc3nc(C)c4ccccc4n3)c(=O)n21. The van der Waals surface area contributed by atoms with Gasteiger partial charge in [0.2, 0.25) is 5.95 Å². The lowest BCUT2D eigenvalue weighted by molar-refractivity contribution is 0.480. The van der Waals surface area contributed by atoms with E-state index in [1.54, 1.807) is 4.68 Å². The van der Waals surface area contributed by atoms with Crippen LogP contribution in [0.3, 0.4) is 0 Å². The van der Waals surface area contributed by atoms with E-state index in [-0.39, 0.29) is 12.6 Å². The summed E-state index contributed by atoms with van der Waals surface area (Å²) in [6, 6.07) is 9.15. The highest BCUT2D eigenvalue weighted by Crippen LogP contribution is 2.19. The lowest BCUT2D eigenvalue weighted by Crippen LogP contribution is -2.44. The molecule has 2 N–H and O–H groups in total. The van der Waals surface area contributed by atoms with Crippen molar-refractivity contribution in [3.63, 3.8) is 0 Å². The quantitative estimate of drug-likeness (QED) is 0.507. The average Bonchev–Trinajstić information content (AvgIpc) is 3.15. The monoisotopic (exact) mass is 434 g/mol. The maximum Gasteiger partial charge on any atom is 0.352 e. The number of benzene rings is 1. The minimum absolute atomic E-state index is 0.00883. The minimum atomic E-state index is -0.455. The van der Waals surface area contributed by atoms with Crippen LogP contribution in [0.1, 0.15) is 31.3 Å². The second-order valence-corrected chi connectivity index (χ2v) is 8.24. The van der Waals surface area contributed by atoms with Gasteiger partial charge in [-0.2, -0.15) is 9.50 Å². The van der Waals surface area contributed by atoms with Gasteiger partial charge >= 0.3 is 5.69 Å². The molecule has 10 nitrogen and oxygen atoms in total. The van der Waals surface area contributed by atoms with Gasteiger partial charge in [-0.1, -0.05) is 18.2 Å². The highest BCUT2D eigenvalue weighted by Gasteiger charge is 2.24. The summed E-state index contributed by atoms with van der Waals surface area (Å²) in [5.41, 5.74) is 7.20. The Labute approximate surface area is 183 Å². The number of aromatic nitrogens is 6. The van der Waals surface area contributed by atoms with Gasteiger partial charge in [-0.05, 0) is 32.8 Å². The number of nitrogens with zero attached hydrogens (tertiary/aromatic N) is 7. The summed E-state index contributed by atoms with van der Waals surface area (Å²) in [5, 5.41) is 0.948. The second-order valence-electron chi connectivity index (χ2n) is 8.24. The van der Waals surface area contributed by atoms with Crippen molar-refractivity contribution < 1.29 is 0 Å². The number of nitrogens with two attached hydrogens (primary N) is 1. The zero-order valence-electron chi connectivity index (χ0n) is 18.2. The fraction of sp³-hybridized carbons (Fsp3) is 0.409. The van der Waals surface area contributed by atoms with E-state index in [1.807, 2.05) is 38.1 Å². The number of para-hydroxylation sites is 1. The van der Waals surface area contributed by atoms with Crippen molar-refractivity contribution >= 4 is 22.5 Å². The molecule has 1 atom stereocenters. The number of piperidine rings is 1. The van der Waals surface area contributed by atoms with E-state index in [9.17, 15) is 9.59 Å². The summed E-state index contributed by atoms with van der Waals surface area (Å²) in [5.74, 6) is 1.08. The van der Waals surface area contributed by atoms with Gasteiger partial charge in [0.05, 0.1) is 12.1 Å². The number of hydrogen-bond acceptors (Lipinski definition) is 7. The first kappa shape index (κ1) is 20.4. The molecule has 4 aromatic rings. The van der Waals surface area contributed by atoms with E-state index in [0.29, 0.717) is 30.5 Å². The third-order valence-electron chi connectivity index (χ3n) is 6.01. The van der Waals surface area contributed by atoms with Crippen LogP contribution in [0.2, 0.25) is 0 Å². The van der Waals surface area contributed by atoms with Gasteiger partial charge < -0.3 is 10.6 Å². The van der Waals surface area contributed by atoms with Crippen molar-refractivity contribution in [1.82, 2.24) is 28.7 Å². The van der Waals surface area contributed by atoms with Gasteiger partial charge in [0.15, 0.2) is 5.65 Å². The Morgan fingerprint density at radius 2 is 1.97 bits per heavy atom. The Hall–Kier alpha value is -3.53. The highest BCUT2D eigenvalue weighted by molar-refractivity contribution is 5.80. The average molecular weight is 435 g/mol. The maximum atomic E-state index is 13.4. The standard InChI is InChI=1S/C22H26N8O2/c1-3-29-21(27-10-6-7-15(23)12-27)26-19-11-20(31)28(22(32)30(19)29)13-18-24-14(2)16-8-4-5-9-17(16)25-18/h4-5,8-9,11,15H,3,6-7,10,12-13,23H2,1-2H3/t15-/m1/s1. The lowest BCUT2D eigenvalue weighted by Gasteiger charge is -2.31. The molecule has 0 aliphatic carbocycles. The fourth-order valence-corrected chi connectivity index (χ4v) is 4.47. The van der Waals surface area contributed by atoms with Crippen molar-refractivity contribution in [1.29, 1.82) is 0 Å². The highest BCUT2D eigenvalue weighted by atomic mass is 16.2. The van der Waals surface area contributed by atoms with E-state index < -0.39 is 11.2 Å². The maximum absolute atomic E-state index is 13.4. The van der Waals surface area contributed by atoms with E-state index >= 15 is 0 Å². The van der Waals surface area contributed by atoms with Crippen molar-refractivity contribution in [2.45, 2.75) is 45.8 Å². The molecule has 5 rings (SSSR count). The van der Waals surface area contributed by atoms with Crippen molar-refractivity contribution in [2.24, 2.45) is 5.73 Å². The molecule has 0 amide bonds. The van der Waals surface area contributed by atoms with Gasteiger partial charge in [0, 0.05) is 42.8 Å². The van der Waals surface area contributed by atoms with Gasteiger partial charge in [-0.25, -0.2) is 19.4 Å². The van der Waals surface area contributed by atoms with Gasteiger partial charge in [-0.15, -0.1) is 0 Å². The molecule has 0 spiro atoms. The molecule has 1 aromatic carbocycles. The number of fused-ring (bicyclic) bond motifs is 2. The predicted molar refractivity (Wildman–Crippen MR) is 122 cm³/mol. The Morgan fingerprint density at radius 3 is 2.75 bits per heavy atom. The van der Waals surface area contributed by atoms with Crippen LogP contribution < -0.4 is 21.9 Å². The second kappa shape index (κ2) is 7.86. The normalized spacial score (nSPS) is 16.8. The lowest BCUT2D eigenvalue weighted by atomic mass is 10.1. The summed E-state index contributed by atoms with van der Waals surface area (Å²) < 4.78 is 4.43. The first-order valence-corrected chi connectivity index (χ1v) is 10.9. The molecule has 0 bridgehead atoms. The number of anilines is 1. The summed E-state index contributed by atoms with van der Waals surface area (Å²) >= 11 is 0. The Kier molecular flexibility index (Phi) is 5.01. The summed E-state index contributed by atoms with van der Waals surface area (Å²) in [4.78, 5) is 42.1. The number of aryl methyl sites for hydroxylation is 2. The van der Waals surface area contributed by atoms with Crippen LogP contribution in [-0.2, 0) is 13.1 Å². The zero-order valence-corrected chi connectivity index (χ0v) is 18.2. The molecule has 4 heterocycles. The largest absolute Gasteiger partial charge is 0.352 e. The molecular weight excluding hydrogens is 408 g/mol. The van der Waals surface area contributed by atoms with Gasteiger partial charge in [0.1, 0.15) is 5.82 Å².